The number of nitrogen functional groups attached to an aromatic ring is 1. The van der Waals surface area contributed by atoms with Crippen LogP contribution in [-0.2, 0) is 22.6 Å². The van der Waals surface area contributed by atoms with Crippen LogP contribution in [0.5, 0.6) is 0 Å². The van der Waals surface area contributed by atoms with E-state index in [2.05, 4.69) is 11.4 Å². The number of nitrogens with two attached hydrogens (primary N) is 1. The third-order valence-corrected chi connectivity index (χ3v) is 7.72. The highest BCUT2D eigenvalue weighted by Gasteiger charge is 2.28. The van der Waals surface area contributed by atoms with Crippen molar-refractivity contribution < 1.29 is 9.59 Å². The Morgan fingerprint density at radius 3 is 2.56 bits per heavy atom. The maximum absolute atomic E-state index is 13.4. The molecule has 162 valence electrons. The Balaban J connectivity index is 1.62. The van der Waals surface area contributed by atoms with Crippen LogP contribution in [0.15, 0.2) is 59.5 Å². The van der Waals surface area contributed by atoms with E-state index in [0.717, 1.165) is 20.9 Å². The van der Waals surface area contributed by atoms with Gasteiger partial charge in [-0.2, -0.15) is 5.26 Å². The summed E-state index contributed by atoms with van der Waals surface area (Å²) in [5, 5.41) is 12.8. The molecule has 1 atom stereocenters. The molecule has 0 fully saturated rings. The van der Waals surface area contributed by atoms with Gasteiger partial charge in [0, 0.05) is 28.9 Å². The smallest absolute Gasteiger partial charge is 0.243 e. The number of carbonyl (C=O) groups is 2. The first-order chi connectivity index (χ1) is 15.5. The molecule has 0 bridgehead atoms. The molecule has 2 heterocycles. The van der Waals surface area contributed by atoms with Crippen LogP contribution >= 0.6 is 23.1 Å². The number of amides is 2. The van der Waals surface area contributed by atoms with Gasteiger partial charge >= 0.3 is 0 Å². The van der Waals surface area contributed by atoms with Crippen LogP contribution in [0.4, 0.5) is 10.7 Å². The van der Waals surface area contributed by atoms with E-state index in [9.17, 15) is 14.9 Å². The van der Waals surface area contributed by atoms with Crippen molar-refractivity contribution in [3.8, 4) is 6.07 Å². The van der Waals surface area contributed by atoms with E-state index in [1.54, 1.807) is 11.8 Å². The lowest BCUT2D eigenvalue weighted by atomic mass is 10.0. The number of nitrogens with one attached hydrogen (secondary N) is 1. The minimum atomic E-state index is -0.501. The minimum absolute atomic E-state index is 0.0113. The zero-order valence-electron chi connectivity index (χ0n) is 17.5. The zero-order valence-corrected chi connectivity index (χ0v) is 19.1. The molecule has 2 amide bonds. The number of hydrogen-bond acceptors (Lipinski definition) is 6. The molecule has 6 nitrogen and oxygen atoms in total. The van der Waals surface area contributed by atoms with E-state index in [0.29, 0.717) is 35.8 Å². The van der Waals surface area contributed by atoms with Crippen LogP contribution in [0, 0.1) is 11.3 Å². The van der Waals surface area contributed by atoms with Gasteiger partial charge in [0.1, 0.15) is 16.3 Å². The monoisotopic (exact) mass is 462 g/mol. The van der Waals surface area contributed by atoms with Crippen molar-refractivity contribution in [2.75, 3.05) is 17.6 Å². The molecule has 0 aliphatic carbocycles. The van der Waals surface area contributed by atoms with E-state index >= 15 is 0 Å². The number of benzene rings is 2. The van der Waals surface area contributed by atoms with Crippen molar-refractivity contribution in [1.29, 1.82) is 5.26 Å². The van der Waals surface area contributed by atoms with Crippen LogP contribution in [0.25, 0.3) is 0 Å². The second-order valence-electron chi connectivity index (χ2n) is 7.48. The van der Waals surface area contributed by atoms with Crippen LogP contribution in [0.2, 0.25) is 0 Å². The first-order valence-corrected chi connectivity index (χ1v) is 11.8. The van der Waals surface area contributed by atoms with Gasteiger partial charge in [-0.05, 0) is 41.8 Å². The van der Waals surface area contributed by atoms with Gasteiger partial charge < -0.3 is 16.0 Å². The quantitative estimate of drug-likeness (QED) is 0.427. The number of rotatable bonds is 5. The Bertz CT molecular complexity index is 1180. The molecule has 4 rings (SSSR count). The fraction of sp³-hybridized carbons (Fsp3) is 0.208. The van der Waals surface area contributed by atoms with Gasteiger partial charge in [-0.15, -0.1) is 23.1 Å². The van der Waals surface area contributed by atoms with Crippen molar-refractivity contribution in [2.24, 2.45) is 0 Å². The molecule has 3 N–H and O–H groups in total. The molecule has 2 aromatic carbocycles. The largest absolute Gasteiger partial charge is 0.399 e. The predicted octanol–water partition coefficient (Wildman–Crippen LogP) is 4.58. The van der Waals surface area contributed by atoms with Gasteiger partial charge in [0.25, 0.3) is 0 Å². The Hall–Kier alpha value is -3.28. The zero-order chi connectivity index (χ0) is 22.7. The molecule has 0 radical (unpaired) electrons. The van der Waals surface area contributed by atoms with E-state index in [-0.39, 0.29) is 11.8 Å². The maximum Gasteiger partial charge on any atom is 0.243 e. The van der Waals surface area contributed by atoms with Crippen LogP contribution in [0.3, 0.4) is 0 Å². The highest BCUT2D eigenvalue weighted by atomic mass is 32.2. The highest BCUT2D eigenvalue weighted by molar-refractivity contribution is 8.00. The van der Waals surface area contributed by atoms with Crippen molar-refractivity contribution in [3.05, 3.63) is 76.2 Å². The lowest BCUT2D eigenvalue weighted by molar-refractivity contribution is -0.129. The van der Waals surface area contributed by atoms with E-state index in [4.69, 9.17) is 5.73 Å². The molecule has 3 aromatic rings. The van der Waals surface area contributed by atoms with Crippen molar-refractivity contribution >= 4 is 45.6 Å². The summed E-state index contributed by atoms with van der Waals surface area (Å²) in [6.45, 7) is 2.61. The second kappa shape index (κ2) is 9.47. The number of carbonyl (C=O) groups excluding carboxylic acids is 2. The lowest BCUT2D eigenvalue weighted by Gasteiger charge is -2.25. The summed E-state index contributed by atoms with van der Waals surface area (Å²) in [4.78, 5) is 28.8. The van der Waals surface area contributed by atoms with Crippen LogP contribution in [0.1, 0.15) is 33.7 Å². The molecular weight excluding hydrogens is 440 g/mol. The first kappa shape index (κ1) is 21.9. The average molecular weight is 463 g/mol. The summed E-state index contributed by atoms with van der Waals surface area (Å²) in [6.07, 6.45) is 0.618. The number of fused-ring (bicyclic) bond motifs is 1. The Morgan fingerprint density at radius 1 is 1.19 bits per heavy atom. The maximum atomic E-state index is 13.4. The average Bonchev–Trinajstić information content (AvgIpc) is 3.15. The molecule has 1 aliphatic rings. The van der Waals surface area contributed by atoms with Crippen molar-refractivity contribution in [1.82, 2.24) is 4.90 Å². The van der Waals surface area contributed by atoms with Gasteiger partial charge in [0.2, 0.25) is 11.8 Å². The topological polar surface area (TPSA) is 99.2 Å². The first-order valence-electron chi connectivity index (χ1n) is 10.1. The van der Waals surface area contributed by atoms with Gasteiger partial charge in [0.15, 0.2) is 0 Å². The number of nitriles is 1. The molecule has 1 aliphatic heterocycles. The summed E-state index contributed by atoms with van der Waals surface area (Å²) in [6, 6.07) is 19.2. The number of thiophene rings is 1. The van der Waals surface area contributed by atoms with Gasteiger partial charge in [-0.25, -0.2) is 0 Å². The third kappa shape index (κ3) is 4.64. The van der Waals surface area contributed by atoms with Gasteiger partial charge in [-0.3, -0.25) is 9.59 Å². The summed E-state index contributed by atoms with van der Waals surface area (Å²) < 4.78 is 0. The highest BCUT2D eigenvalue weighted by Crippen LogP contribution is 2.40. The summed E-state index contributed by atoms with van der Waals surface area (Å²) >= 11 is 2.81. The fourth-order valence-electron chi connectivity index (χ4n) is 3.64. The van der Waals surface area contributed by atoms with E-state index in [1.807, 2.05) is 54.6 Å². The molecule has 32 heavy (non-hydrogen) atoms. The molecule has 0 spiro atoms. The van der Waals surface area contributed by atoms with Crippen LogP contribution < -0.4 is 11.1 Å². The van der Waals surface area contributed by atoms with E-state index in [1.165, 1.54) is 23.1 Å². The molecule has 0 saturated carbocycles. The third-order valence-electron chi connectivity index (χ3n) is 5.33. The number of thioether (sulfide) groups is 1. The van der Waals surface area contributed by atoms with E-state index < -0.39 is 5.25 Å². The normalized spacial score (nSPS) is 13.7. The minimum Gasteiger partial charge on any atom is -0.399 e. The van der Waals surface area contributed by atoms with Crippen LogP contribution in [-0.4, -0.2) is 23.3 Å². The molecule has 0 saturated heterocycles. The number of hydrogen-bond donors (Lipinski definition) is 2. The Labute approximate surface area is 195 Å². The number of nitrogens with zero attached hydrogens (tertiary/aromatic N) is 2. The summed E-state index contributed by atoms with van der Waals surface area (Å²) in [7, 11) is 0. The van der Waals surface area contributed by atoms with Gasteiger partial charge in [-0.1, -0.05) is 30.3 Å². The summed E-state index contributed by atoms with van der Waals surface area (Å²) in [5.74, 6) is -0.186. The lowest BCUT2D eigenvalue weighted by Crippen LogP contribution is -2.33. The fourth-order valence-corrected chi connectivity index (χ4v) is 5.88. The Morgan fingerprint density at radius 2 is 1.91 bits per heavy atom. The molecular formula is C24H22N4O2S2. The summed E-state index contributed by atoms with van der Waals surface area (Å²) in [5.41, 5.74) is 8.77. The second-order valence-corrected chi connectivity index (χ2v) is 9.76. The molecule has 1 aromatic heterocycles. The SMILES string of the molecule is CC(=O)N1CCc2c(sc(NC(=O)C(Sc3ccc(N)cc3)c3ccccc3)c2C#N)C1. The standard InChI is InChI=1S/C24H22N4O2S2/c1-15(29)28-12-11-19-20(13-25)24(32-21(19)14-28)27-23(30)22(16-5-3-2-4-6-16)31-18-9-7-17(26)8-10-18/h2-10,22H,11-12,14,26H2,1H3,(H,27,30). The number of anilines is 2. The van der Waals surface area contributed by atoms with Crippen molar-refractivity contribution in [3.63, 3.8) is 0 Å². The Kier molecular flexibility index (Phi) is 6.49. The van der Waals surface area contributed by atoms with Crippen molar-refractivity contribution in [2.45, 2.75) is 30.0 Å². The van der Waals surface area contributed by atoms with Gasteiger partial charge in [0.05, 0.1) is 12.1 Å². The predicted molar refractivity (Wildman–Crippen MR) is 128 cm³/mol. The molecule has 8 heteroatoms. The molecule has 1 unspecified atom stereocenters.